The van der Waals surface area contributed by atoms with Crippen LogP contribution in [0.2, 0.25) is 0 Å². The van der Waals surface area contributed by atoms with Crippen LogP contribution < -0.4 is 5.32 Å². The fourth-order valence-electron chi connectivity index (χ4n) is 3.59. The van der Waals surface area contributed by atoms with E-state index in [0.717, 1.165) is 44.5 Å². The van der Waals surface area contributed by atoms with Gasteiger partial charge in [-0.15, -0.1) is 12.4 Å². The van der Waals surface area contributed by atoms with E-state index >= 15 is 0 Å². The number of nitrogens with one attached hydrogen (secondary N) is 1. The molecule has 0 aromatic heterocycles. The van der Waals surface area contributed by atoms with Crippen LogP contribution in [-0.2, 0) is 9.59 Å². The second-order valence-electron chi connectivity index (χ2n) is 6.76. The summed E-state index contributed by atoms with van der Waals surface area (Å²) in [4.78, 5) is 28.8. The first-order chi connectivity index (χ1) is 11.7. The first kappa shape index (κ1) is 19.6. The molecule has 1 aromatic rings. The van der Waals surface area contributed by atoms with Gasteiger partial charge in [-0.25, -0.2) is 0 Å². The number of hydrogen-bond donors (Lipinski definition) is 1. The van der Waals surface area contributed by atoms with Crippen LogP contribution in [0.15, 0.2) is 30.3 Å². The summed E-state index contributed by atoms with van der Waals surface area (Å²) in [5.41, 5.74) is 0.959. The van der Waals surface area contributed by atoms with E-state index in [4.69, 9.17) is 0 Å². The lowest BCUT2D eigenvalue weighted by atomic mass is 9.94. The van der Waals surface area contributed by atoms with Gasteiger partial charge >= 0.3 is 0 Å². The van der Waals surface area contributed by atoms with Gasteiger partial charge in [0.25, 0.3) is 0 Å². The Kier molecular flexibility index (Phi) is 7.56. The van der Waals surface area contributed by atoms with E-state index in [2.05, 4.69) is 5.32 Å². The molecule has 0 aliphatic carbocycles. The van der Waals surface area contributed by atoms with Gasteiger partial charge in [-0.1, -0.05) is 18.2 Å². The van der Waals surface area contributed by atoms with Crippen LogP contribution in [0.4, 0.5) is 5.69 Å². The zero-order chi connectivity index (χ0) is 16.8. The van der Waals surface area contributed by atoms with Crippen molar-refractivity contribution < 1.29 is 9.59 Å². The van der Waals surface area contributed by atoms with E-state index in [1.54, 1.807) is 0 Å². The summed E-state index contributed by atoms with van der Waals surface area (Å²) in [5.74, 6) is 0.529. The number of hydrogen-bond acceptors (Lipinski definition) is 3. The number of likely N-dealkylation sites (tertiary alicyclic amines) is 2. The van der Waals surface area contributed by atoms with Gasteiger partial charge in [0.2, 0.25) is 11.8 Å². The molecule has 0 saturated carbocycles. The Morgan fingerprint density at radius 1 is 0.920 bits per heavy atom. The fourth-order valence-corrected chi connectivity index (χ4v) is 3.59. The highest BCUT2D eigenvalue weighted by Gasteiger charge is 2.30. The van der Waals surface area contributed by atoms with Gasteiger partial charge in [-0.05, 0) is 44.2 Å². The van der Waals surface area contributed by atoms with Crippen LogP contribution in [0.1, 0.15) is 32.1 Å². The standard InChI is InChI=1S/C19H27N3O2.ClH/c23-18(15-20-17-7-3-1-4-8-17)21-13-9-16(10-14-21)19(24)22-11-5-2-6-12-22;/h1,3-4,7-8,16,20H,2,5-6,9-15H2;1H. The van der Waals surface area contributed by atoms with E-state index in [0.29, 0.717) is 25.5 Å². The maximum Gasteiger partial charge on any atom is 0.241 e. The van der Waals surface area contributed by atoms with Crippen molar-refractivity contribution in [2.75, 3.05) is 38.0 Å². The lowest BCUT2D eigenvalue weighted by Crippen LogP contribution is -2.46. The molecule has 0 spiro atoms. The molecule has 0 bridgehead atoms. The number of amides is 2. The molecule has 0 atom stereocenters. The topological polar surface area (TPSA) is 52.7 Å². The van der Waals surface area contributed by atoms with Crippen LogP contribution in [0.3, 0.4) is 0 Å². The second-order valence-corrected chi connectivity index (χ2v) is 6.76. The third-order valence-electron chi connectivity index (χ3n) is 5.08. The molecule has 6 heteroatoms. The largest absolute Gasteiger partial charge is 0.376 e. The summed E-state index contributed by atoms with van der Waals surface area (Å²) >= 11 is 0. The van der Waals surface area contributed by atoms with E-state index < -0.39 is 0 Å². The van der Waals surface area contributed by atoms with Crippen molar-refractivity contribution in [1.82, 2.24) is 9.80 Å². The number of piperidine rings is 2. The molecule has 25 heavy (non-hydrogen) atoms. The molecule has 138 valence electrons. The summed E-state index contributed by atoms with van der Waals surface area (Å²) in [6.07, 6.45) is 5.10. The Labute approximate surface area is 156 Å². The maximum absolute atomic E-state index is 12.6. The molecule has 3 rings (SSSR count). The van der Waals surface area contributed by atoms with Crippen molar-refractivity contribution in [1.29, 1.82) is 0 Å². The highest BCUT2D eigenvalue weighted by molar-refractivity contribution is 5.85. The van der Waals surface area contributed by atoms with Crippen LogP contribution >= 0.6 is 12.4 Å². The summed E-state index contributed by atoms with van der Waals surface area (Å²) < 4.78 is 0. The summed E-state index contributed by atoms with van der Waals surface area (Å²) in [6, 6.07) is 9.76. The maximum atomic E-state index is 12.6. The summed E-state index contributed by atoms with van der Waals surface area (Å²) in [7, 11) is 0. The van der Waals surface area contributed by atoms with E-state index in [1.165, 1.54) is 6.42 Å². The Bertz CT molecular complexity index is 553. The number of halogens is 1. The van der Waals surface area contributed by atoms with Crippen LogP contribution in [0.5, 0.6) is 0 Å². The van der Waals surface area contributed by atoms with Gasteiger partial charge in [0.15, 0.2) is 0 Å². The molecular weight excluding hydrogens is 338 g/mol. The number of anilines is 1. The number of rotatable bonds is 4. The van der Waals surface area contributed by atoms with Gasteiger partial charge in [0, 0.05) is 37.8 Å². The second kappa shape index (κ2) is 9.66. The number of carbonyl (C=O) groups excluding carboxylic acids is 2. The Balaban J connectivity index is 0.00000225. The average molecular weight is 366 g/mol. The number of carbonyl (C=O) groups is 2. The lowest BCUT2D eigenvalue weighted by molar-refractivity contribution is -0.140. The van der Waals surface area contributed by atoms with E-state index in [-0.39, 0.29) is 24.2 Å². The highest BCUT2D eigenvalue weighted by Crippen LogP contribution is 2.22. The summed E-state index contributed by atoms with van der Waals surface area (Å²) in [6.45, 7) is 3.53. The first-order valence-electron chi connectivity index (χ1n) is 9.09. The monoisotopic (exact) mass is 365 g/mol. The highest BCUT2D eigenvalue weighted by atomic mass is 35.5. The minimum Gasteiger partial charge on any atom is -0.376 e. The molecule has 5 nitrogen and oxygen atoms in total. The normalized spacial score (nSPS) is 18.4. The number of nitrogens with zero attached hydrogens (tertiary/aromatic N) is 2. The third kappa shape index (κ3) is 5.36. The zero-order valence-corrected chi connectivity index (χ0v) is 15.5. The minimum atomic E-state index is 0. The molecular formula is C19H28ClN3O2. The van der Waals surface area contributed by atoms with Gasteiger partial charge in [0.1, 0.15) is 0 Å². The van der Waals surface area contributed by atoms with Crippen LogP contribution in [0.25, 0.3) is 0 Å². The van der Waals surface area contributed by atoms with Gasteiger partial charge in [-0.3, -0.25) is 9.59 Å². The molecule has 1 N–H and O–H groups in total. The molecule has 2 fully saturated rings. The van der Waals surface area contributed by atoms with Crippen molar-refractivity contribution >= 4 is 29.9 Å². The van der Waals surface area contributed by atoms with Crippen molar-refractivity contribution in [2.24, 2.45) is 5.92 Å². The molecule has 2 saturated heterocycles. The first-order valence-corrected chi connectivity index (χ1v) is 9.09. The minimum absolute atomic E-state index is 0. The molecule has 2 aliphatic heterocycles. The van der Waals surface area contributed by atoms with E-state index in [9.17, 15) is 9.59 Å². The van der Waals surface area contributed by atoms with Crippen LogP contribution in [-0.4, -0.2) is 54.3 Å². The third-order valence-corrected chi connectivity index (χ3v) is 5.08. The lowest BCUT2D eigenvalue weighted by Gasteiger charge is -2.35. The zero-order valence-electron chi connectivity index (χ0n) is 14.7. The van der Waals surface area contributed by atoms with Crippen molar-refractivity contribution in [2.45, 2.75) is 32.1 Å². The van der Waals surface area contributed by atoms with Crippen molar-refractivity contribution in [3.8, 4) is 0 Å². The number of para-hydroxylation sites is 1. The predicted octanol–water partition coefficient (Wildman–Crippen LogP) is 2.77. The molecule has 0 unspecified atom stereocenters. The van der Waals surface area contributed by atoms with Crippen molar-refractivity contribution in [3.63, 3.8) is 0 Å². The fraction of sp³-hybridized carbons (Fsp3) is 0.579. The molecule has 2 amide bonds. The van der Waals surface area contributed by atoms with Gasteiger partial charge in [-0.2, -0.15) is 0 Å². The Morgan fingerprint density at radius 2 is 1.56 bits per heavy atom. The molecule has 0 radical (unpaired) electrons. The van der Waals surface area contributed by atoms with Crippen molar-refractivity contribution in [3.05, 3.63) is 30.3 Å². The molecule has 2 aliphatic rings. The van der Waals surface area contributed by atoms with E-state index in [1.807, 2.05) is 40.1 Å². The quantitative estimate of drug-likeness (QED) is 0.892. The number of benzene rings is 1. The Hall–Kier alpha value is -1.75. The predicted molar refractivity (Wildman–Crippen MR) is 102 cm³/mol. The Morgan fingerprint density at radius 3 is 2.20 bits per heavy atom. The average Bonchev–Trinajstić information content (AvgIpc) is 2.67. The summed E-state index contributed by atoms with van der Waals surface area (Å²) in [5, 5.41) is 3.16. The smallest absolute Gasteiger partial charge is 0.241 e. The molecule has 2 heterocycles. The molecule has 1 aromatic carbocycles. The SMILES string of the molecule is Cl.O=C(CNc1ccccc1)N1CCC(C(=O)N2CCCCC2)CC1. The van der Waals surface area contributed by atoms with Crippen LogP contribution in [0, 0.1) is 5.92 Å². The van der Waals surface area contributed by atoms with Gasteiger partial charge in [0.05, 0.1) is 6.54 Å². The van der Waals surface area contributed by atoms with Gasteiger partial charge < -0.3 is 15.1 Å².